The zero-order valence-corrected chi connectivity index (χ0v) is 17.2. The van der Waals surface area contributed by atoms with Gasteiger partial charge < -0.3 is 15.3 Å². The first-order valence-corrected chi connectivity index (χ1v) is 11.8. The van der Waals surface area contributed by atoms with E-state index >= 15 is 0 Å². The van der Waals surface area contributed by atoms with Crippen molar-refractivity contribution in [2.45, 2.75) is 20.8 Å². The lowest BCUT2D eigenvalue weighted by Gasteiger charge is -1.95. The quantitative estimate of drug-likeness (QED) is 0.207. The molecule has 0 radical (unpaired) electrons. The highest BCUT2D eigenvalue weighted by atomic mass is 32.2. The Bertz CT molecular complexity index is 766. The molecule has 0 aromatic heterocycles. The molecule has 27 heavy (non-hydrogen) atoms. The summed E-state index contributed by atoms with van der Waals surface area (Å²) in [6, 6.07) is 3.56. The van der Waals surface area contributed by atoms with Gasteiger partial charge in [0.15, 0.2) is 11.5 Å². The molecule has 1 aromatic rings. The van der Waals surface area contributed by atoms with Crippen molar-refractivity contribution in [3.63, 3.8) is 0 Å². The molecule has 0 amide bonds. The third-order valence-corrected chi connectivity index (χ3v) is 4.24. The van der Waals surface area contributed by atoms with E-state index in [4.69, 9.17) is 29.0 Å². The van der Waals surface area contributed by atoms with E-state index in [0.29, 0.717) is 0 Å². The van der Waals surface area contributed by atoms with Crippen molar-refractivity contribution in [2.24, 2.45) is 0 Å². The van der Waals surface area contributed by atoms with E-state index in [2.05, 4.69) is 0 Å². The van der Waals surface area contributed by atoms with Crippen LogP contribution in [0.5, 0.6) is 17.2 Å². The lowest BCUT2D eigenvalue weighted by molar-refractivity contribution is 0.396. The van der Waals surface area contributed by atoms with Crippen molar-refractivity contribution in [2.75, 3.05) is 17.3 Å². The van der Waals surface area contributed by atoms with Crippen LogP contribution in [0.4, 0.5) is 0 Å². The largest absolute Gasteiger partial charge is 0.508 e. The van der Waals surface area contributed by atoms with Gasteiger partial charge in [0.05, 0.1) is 17.3 Å². The Morgan fingerprint density at radius 2 is 0.889 bits per heavy atom. The molecule has 0 atom stereocenters. The van der Waals surface area contributed by atoms with E-state index in [-0.39, 0.29) is 34.5 Å². The summed E-state index contributed by atoms with van der Waals surface area (Å²) in [5, 5.41) is 26.0. The number of hydrogen-bond acceptors (Lipinski definition) is 9. The molecule has 0 fully saturated rings. The number of hydrogen-bond donors (Lipinski definition) is 6. The number of benzene rings is 1. The van der Waals surface area contributed by atoms with Crippen LogP contribution in [0.25, 0.3) is 0 Å². The average molecular weight is 457 g/mol. The first kappa shape index (κ1) is 30.1. The lowest BCUT2D eigenvalue weighted by Crippen LogP contribution is -1.97. The Hall–Kier alpha value is -1.65. The molecule has 162 valence electrons. The van der Waals surface area contributed by atoms with Crippen molar-refractivity contribution < 1.29 is 54.2 Å². The molecule has 0 saturated heterocycles. The summed E-state index contributed by atoms with van der Waals surface area (Å²) in [7, 11) is -11.0. The van der Waals surface area contributed by atoms with Crippen LogP contribution in [0.15, 0.2) is 18.2 Å². The summed E-state index contributed by atoms with van der Waals surface area (Å²) in [5.74, 6) is -1.21. The summed E-state index contributed by atoms with van der Waals surface area (Å²) in [6.45, 7) is 4.11. The monoisotopic (exact) mass is 456 g/mol. The smallest absolute Gasteiger partial charge is 0.264 e. The van der Waals surface area contributed by atoms with Crippen LogP contribution in [0.3, 0.4) is 0 Å². The number of rotatable bonds is 3. The van der Waals surface area contributed by atoms with Gasteiger partial charge in [-0.25, -0.2) is 0 Å². The van der Waals surface area contributed by atoms with Crippen molar-refractivity contribution >= 4 is 30.4 Å². The van der Waals surface area contributed by atoms with Gasteiger partial charge in [-0.05, 0) is 32.9 Å². The van der Waals surface area contributed by atoms with Gasteiger partial charge >= 0.3 is 0 Å². The molecule has 0 unspecified atom stereocenters. The summed E-state index contributed by atoms with van der Waals surface area (Å²) >= 11 is 0. The topological polar surface area (TPSA) is 224 Å². The summed E-state index contributed by atoms with van der Waals surface area (Å²) in [6.07, 6.45) is 0. The van der Waals surface area contributed by atoms with E-state index in [1.165, 1.54) is 32.9 Å². The van der Waals surface area contributed by atoms with Crippen LogP contribution in [-0.4, -0.2) is 71.5 Å². The highest BCUT2D eigenvalue weighted by molar-refractivity contribution is 7.86. The third-order valence-electron chi connectivity index (χ3n) is 2.05. The lowest BCUT2D eigenvalue weighted by atomic mass is 10.3. The first-order valence-electron chi connectivity index (χ1n) is 6.94. The highest BCUT2D eigenvalue weighted by Crippen LogP contribution is 2.27. The molecular formula is C12H24O12S3. The van der Waals surface area contributed by atoms with Crippen LogP contribution in [-0.2, 0) is 30.4 Å². The standard InChI is InChI=1S/C6H6O3.3C2H6O3S/c7-4-1-2-5(8)6(9)3-4;3*1-2-6(3,4)5/h1-3,7-9H;3*2H2,1H3,(H,3,4,5). The van der Waals surface area contributed by atoms with Gasteiger partial charge in [0.2, 0.25) is 0 Å². The van der Waals surface area contributed by atoms with Crippen LogP contribution < -0.4 is 0 Å². The van der Waals surface area contributed by atoms with Gasteiger partial charge in [-0.3, -0.25) is 13.7 Å². The fourth-order valence-electron chi connectivity index (χ4n) is 0.512. The zero-order chi connectivity index (χ0) is 22.5. The predicted molar refractivity (Wildman–Crippen MR) is 97.7 cm³/mol. The van der Waals surface area contributed by atoms with Gasteiger partial charge in [-0.15, -0.1) is 0 Å². The maximum atomic E-state index is 9.56. The van der Waals surface area contributed by atoms with Gasteiger partial charge in [0, 0.05) is 6.07 Å². The molecule has 12 nitrogen and oxygen atoms in total. The fourth-order valence-corrected chi connectivity index (χ4v) is 0.512. The van der Waals surface area contributed by atoms with E-state index in [9.17, 15) is 25.3 Å². The molecule has 0 heterocycles. The molecule has 0 aliphatic heterocycles. The number of phenols is 3. The van der Waals surface area contributed by atoms with Crippen molar-refractivity contribution in [3.05, 3.63) is 18.2 Å². The van der Waals surface area contributed by atoms with Crippen LogP contribution in [0.2, 0.25) is 0 Å². The molecule has 15 heteroatoms. The molecule has 1 rings (SSSR count). The predicted octanol–water partition coefficient (Wildman–Crippen LogP) is 0.486. The minimum Gasteiger partial charge on any atom is -0.508 e. The molecular weight excluding hydrogens is 432 g/mol. The average Bonchev–Trinajstić information content (AvgIpc) is 2.51. The van der Waals surface area contributed by atoms with Crippen molar-refractivity contribution in [1.29, 1.82) is 0 Å². The first-order chi connectivity index (χ1) is 11.9. The maximum absolute atomic E-state index is 9.56. The summed E-state index contributed by atoms with van der Waals surface area (Å²) in [5.41, 5.74) is 0. The molecule has 0 spiro atoms. The molecule has 0 saturated carbocycles. The normalized spacial score (nSPS) is 10.9. The maximum Gasteiger partial charge on any atom is 0.264 e. The highest BCUT2D eigenvalue weighted by Gasteiger charge is 1.96. The Morgan fingerprint density at radius 1 is 0.630 bits per heavy atom. The second-order valence-corrected chi connectivity index (χ2v) is 9.51. The summed E-state index contributed by atoms with van der Waals surface area (Å²) < 4.78 is 80.7. The van der Waals surface area contributed by atoms with Crippen LogP contribution in [0.1, 0.15) is 20.8 Å². The minimum absolute atomic E-state index is 0.0645. The van der Waals surface area contributed by atoms with E-state index in [1.807, 2.05) is 0 Å². The fraction of sp³-hybridized carbons (Fsp3) is 0.500. The van der Waals surface area contributed by atoms with Gasteiger partial charge in [0.1, 0.15) is 5.75 Å². The number of aromatic hydroxyl groups is 3. The molecule has 0 aliphatic carbocycles. The summed E-state index contributed by atoms with van der Waals surface area (Å²) in [4.78, 5) is 0. The van der Waals surface area contributed by atoms with Crippen LogP contribution in [0, 0.1) is 0 Å². The van der Waals surface area contributed by atoms with Crippen molar-refractivity contribution in [3.8, 4) is 17.2 Å². The SMILES string of the molecule is CCS(=O)(=O)O.CCS(=O)(=O)O.CCS(=O)(=O)O.Oc1ccc(O)c(O)c1. The van der Waals surface area contributed by atoms with Gasteiger partial charge in [-0.1, -0.05) is 0 Å². The Balaban J connectivity index is -0.000000291. The Morgan fingerprint density at radius 3 is 1.04 bits per heavy atom. The van der Waals surface area contributed by atoms with E-state index in [1.54, 1.807) is 0 Å². The molecule has 0 bridgehead atoms. The van der Waals surface area contributed by atoms with E-state index in [0.717, 1.165) is 6.07 Å². The molecule has 1 aromatic carbocycles. The second-order valence-electron chi connectivity index (χ2n) is 4.28. The molecule has 6 N–H and O–H groups in total. The Kier molecular flexibility index (Phi) is 15.1. The Labute approximate surface area is 158 Å². The second kappa shape index (κ2) is 13.5. The van der Waals surface area contributed by atoms with E-state index < -0.39 is 30.4 Å². The number of phenolic OH excluding ortho intramolecular Hbond substituents is 3. The van der Waals surface area contributed by atoms with Gasteiger partial charge in [0.25, 0.3) is 30.4 Å². The van der Waals surface area contributed by atoms with Crippen molar-refractivity contribution in [1.82, 2.24) is 0 Å². The molecule has 0 aliphatic rings. The van der Waals surface area contributed by atoms with Crippen LogP contribution >= 0.6 is 0 Å². The minimum atomic E-state index is -3.66. The van der Waals surface area contributed by atoms with Gasteiger partial charge in [-0.2, -0.15) is 25.3 Å². The zero-order valence-electron chi connectivity index (χ0n) is 14.7. The third kappa shape index (κ3) is 29.4.